The Morgan fingerprint density at radius 1 is 0.852 bits per heavy atom. The Bertz CT molecular complexity index is 946. The van der Waals surface area contributed by atoms with Gasteiger partial charge in [0.15, 0.2) is 17.3 Å². The van der Waals surface area contributed by atoms with Crippen molar-refractivity contribution in [1.29, 1.82) is 0 Å². The van der Waals surface area contributed by atoms with Crippen molar-refractivity contribution >= 4 is 5.78 Å². The maximum Gasteiger partial charge on any atom is 0.203 e. The summed E-state index contributed by atoms with van der Waals surface area (Å²) in [5, 5.41) is 4.34. The Morgan fingerprint density at radius 3 is 1.96 bits per heavy atom. The van der Waals surface area contributed by atoms with Crippen LogP contribution in [0.5, 0.6) is 17.2 Å². The summed E-state index contributed by atoms with van der Waals surface area (Å²) in [5.74, 6) is 1.14. The van der Waals surface area contributed by atoms with Crippen molar-refractivity contribution in [1.82, 2.24) is 9.78 Å². The molecule has 0 aliphatic rings. The Hall–Kier alpha value is -3.28. The fraction of sp³-hybridized carbons (Fsp3) is 0.238. The number of aryl methyl sites for hydroxylation is 2. The van der Waals surface area contributed by atoms with E-state index in [1.54, 1.807) is 29.2 Å². The fourth-order valence-electron chi connectivity index (χ4n) is 3.04. The molecule has 0 fully saturated rings. The smallest absolute Gasteiger partial charge is 0.203 e. The summed E-state index contributed by atoms with van der Waals surface area (Å²) < 4.78 is 17.7. The lowest BCUT2D eigenvalue weighted by Crippen LogP contribution is -2.03. The van der Waals surface area contributed by atoms with Crippen molar-refractivity contribution in [3.8, 4) is 22.9 Å². The van der Waals surface area contributed by atoms with E-state index in [1.165, 1.54) is 21.3 Å². The summed E-state index contributed by atoms with van der Waals surface area (Å²) in [7, 11) is 4.56. The first kappa shape index (κ1) is 18.5. The Labute approximate surface area is 158 Å². The highest BCUT2D eigenvalue weighted by Gasteiger charge is 2.19. The molecule has 0 unspecified atom stereocenters. The normalized spacial score (nSPS) is 10.6. The molecule has 1 aromatic heterocycles. The molecule has 0 bridgehead atoms. The third-order valence-electron chi connectivity index (χ3n) is 4.24. The van der Waals surface area contributed by atoms with Crippen molar-refractivity contribution in [2.75, 3.05) is 21.3 Å². The second-order valence-corrected chi connectivity index (χ2v) is 6.26. The van der Waals surface area contributed by atoms with Crippen LogP contribution < -0.4 is 14.2 Å². The minimum absolute atomic E-state index is 0.176. The number of ketones is 1. The van der Waals surface area contributed by atoms with E-state index >= 15 is 0 Å². The molecule has 6 nitrogen and oxygen atoms in total. The number of carbonyl (C=O) groups excluding carboxylic acids is 1. The summed E-state index contributed by atoms with van der Waals surface area (Å²) in [5.41, 5.74) is 4.10. The van der Waals surface area contributed by atoms with E-state index in [-0.39, 0.29) is 5.78 Å². The number of carbonyl (C=O) groups is 1. The number of methoxy groups -OCH3 is 3. The number of nitrogens with zero attached hydrogens (tertiary/aromatic N) is 2. The Morgan fingerprint density at radius 2 is 1.44 bits per heavy atom. The van der Waals surface area contributed by atoms with Gasteiger partial charge in [-0.25, -0.2) is 4.68 Å². The summed E-state index contributed by atoms with van der Waals surface area (Å²) in [6.07, 6.45) is 3.28. The largest absolute Gasteiger partial charge is 0.493 e. The van der Waals surface area contributed by atoms with Gasteiger partial charge in [0.2, 0.25) is 5.75 Å². The van der Waals surface area contributed by atoms with Gasteiger partial charge in [0, 0.05) is 11.8 Å². The van der Waals surface area contributed by atoms with Crippen LogP contribution in [-0.4, -0.2) is 36.9 Å². The van der Waals surface area contributed by atoms with Crippen molar-refractivity contribution in [3.05, 3.63) is 65.0 Å². The lowest BCUT2D eigenvalue weighted by molar-refractivity contribution is 0.103. The molecule has 0 saturated heterocycles. The van der Waals surface area contributed by atoms with E-state index in [2.05, 4.69) is 11.2 Å². The summed E-state index contributed by atoms with van der Waals surface area (Å²) >= 11 is 0. The summed E-state index contributed by atoms with van der Waals surface area (Å²) in [6, 6.07) is 9.41. The number of benzene rings is 2. The molecule has 0 saturated carbocycles. The zero-order valence-electron chi connectivity index (χ0n) is 16.1. The van der Waals surface area contributed by atoms with Crippen LogP contribution in [0.3, 0.4) is 0 Å². The molecule has 0 aliphatic heterocycles. The molecule has 0 aliphatic carbocycles. The van der Waals surface area contributed by atoms with Crippen molar-refractivity contribution in [2.24, 2.45) is 0 Å². The van der Waals surface area contributed by atoms with Crippen LogP contribution in [0.25, 0.3) is 5.69 Å². The number of ether oxygens (including phenoxy) is 3. The van der Waals surface area contributed by atoms with E-state index < -0.39 is 0 Å². The Kier molecular flexibility index (Phi) is 5.16. The Balaban J connectivity index is 1.99. The van der Waals surface area contributed by atoms with E-state index in [0.717, 1.165) is 16.8 Å². The van der Waals surface area contributed by atoms with Gasteiger partial charge in [-0.2, -0.15) is 5.10 Å². The zero-order valence-corrected chi connectivity index (χ0v) is 16.1. The highest BCUT2D eigenvalue weighted by atomic mass is 16.5. The number of rotatable bonds is 6. The number of hydrogen-bond acceptors (Lipinski definition) is 5. The van der Waals surface area contributed by atoms with Gasteiger partial charge in [-0.15, -0.1) is 0 Å². The van der Waals surface area contributed by atoms with Gasteiger partial charge >= 0.3 is 0 Å². The predicted molar refractivity (Wildman–Crippen MR) is 103 cm³/mol. The van der Waals surface area contributed by atoms with Crippen LogP contribution >= 0.6 is 0 Å². The lowest BCUT2D eigenvalue weighted by Gasteiger charge is -2.13. The van der Waals surface area contributed by atoms with Crippen LogP contribution in [0.4, 0.5) is 0 Å². The first-order chi connectivity index (χ1) is 13.0. The molecule has 3 aromatic rings. The molecule has 3 rings (SSSR count). The average Bonchev–Trinajstić information content (AvgIpc) is 3.15. The third-order valence-corrected chi connectivity index (χ3v) is 4.24. The second kappa shape index (κ2) is 7.53. The van der Waals surface area contributed by atoms with Gasteiger partial charge in [-0.1, -0.05) is 6.07 Å². The first-order valence-corrected chi connectivity index (χ1v) is 8.45. The van der Waals surface area contributed by atoms with Crippen molar-refractivity contribution < 1.29 is 19.0 Å². The molecular formula is C21H22N2O4. The minimum Gasteiger partial charge on any atom is -0.493 e. The monoisotopic (exact) mass is 366 g/mol. The van der Waals surface area contributed by atoms with E-state index in [1.807, 2.05) is 26.0 Å². The van der Waals surface area contributed by atoms with Crippen LogP contribution in [0.1, 0.15) is 27.0 Å². The van der Waals surface area contributed by atoms with Crippen LogP contribution in [-0.2, 0) is 0 Å². The SMILES string of the molecule is COc1cc(C(=O)c2cnn(-c3cc(C)cc(C)c3)c2)cc(OC)c1OC. The fourth-order valence-corrected chi connectivity index (χ4v) is 3.04. The molecule has 140 valence electrons. The zero-order chi connectivity index (χ0) is 19.6. The van der Waals surface area contributed by atoms with Gasteiger partial charge in [-0.05, 0) is 49.2 Å². The van der Waals surface area contributed by atoms with Gasteiger partial charge in [0.25, 0.3) is 0 Å². The molecule has 0 amide bonds. The molecule has 0 spiro atoms. The highest BCUT2D eigenvalue weighted by molar-refractivity contribution is 6.09. The molecule has 2 aromatic carbocycles. The van der Waals surface area contributed by atoms with Crippen LogP contribution in [0.15, 0.2) is 42.7 Å². The van der Waals surface area contributed by atoms with Gasteiger partial charge in [-0.3, -0.25) is 4.79 Å². The summed E-state index contributed by atoms with van der Waals surface area (Å²) in [6.45, 7) is 4.06. The van der Waals surface area contributed by atoms with Crippen molar-refractivity contribution in [3.63, 3.8) is 0 Å². The summed E-state index contributed by atoms with van der Waals surface area (Å²) in [4.78, 5) is 13.0. The minimum atomic E-state index is -0.176. The van der Waals surface area contributed by atoms with Crippen LogP contribution in [0.2, 0.25) is 0 Å². The van der Waals surface area contributed by atoms with Crippen LogP contribution in [0, 0.1) is 13.8 Å². The molecule has 0 radical (unpaired) electrons. The molecule has 1 heterocycles. The first-order valence-electron chi connectivity index (χ1n) is 8.45. The number of hydrogen-bond donors (Lipinski definition) is 0. The van der Waals surface area contributed by atoms with Gasteiger partial charge in [0.1, 0.15) is 0 Å². The lowest BCUT2D eigenvalue weighted by atomic mass is 10.1. The number of aromatic nitrogens is 2. The van der Waals surface area contributed by atoms with E-state index in [0.29, 0.717) is 28.4 Å². The molecule has 0 atom stereocenters. The molecule has 0 N–H and O–H groups in total. The topological polar surface area (TPSA) is 62.6 Å². The third kappa shape index (κ3) is 3.65. The van der Waals surface area contributed by atoms with Crippen molar-refractivity contribution in [2.45, 2.75) is 13.8 Å². The standard InChI is InChI=1S/C21H22N2O4/c1-13-6-14(2)8-17(7-13)23-12-16(11-22-23)20(24)15-9-18(25-3)21(27-5)19(10-15)26-4/h6-12H,1-5H3. The highest BCUT2D eigenvalue weighted by Crippen LogP contribution is 2.38. The molecule has 6 heteroatoms. The maximum atomic E-state index is 13.0. The molecular weight excluding hydrogens is 344 g/mol. The molecule has 27 heavy (non-hydrogen) atoms. The van der Waals surface area contributed by atoms with Gasteiger partial charge in [0.05, 0.1) is 38.8 Å². The maximum absolute atomic E-state index is 13.0. The van der Waals surface area contributed by atoms with E-state index in [9.17, 15) is 4.79 Å². The second-order valence-electron chi connectivity index (χ2n) is 6.26. The average molecular weight is 366 g/mol. The van der Waals surface area contributed by atoms with Gasteiger partial charge < -0.3 is 14.2 Å². The predicted octanol–water partition coefficient (Wildman–Crippen LogP) is 3.75. The van der Waals surface area contributed by atoms with E-state index in [4.69, 9.17) is 14.2 Å². The quantitative estimate of drug-likeness (QED) is 0.622.